The second kappa shape index (κ2) is 6.05. The van der Waals surface area contributed by atoms with Crippen LogP contribution in [-0.2, 0) is 9.59 Å². The van der Waals surface area contributed by atoms with Crippen LogP contribution in [0.4, 0.5) is 5.69 Å². The van der Waals surface area contributed by atoms with Crippen molar-refractivity contribution in [2.24, 2.45) is 0 Å². The molecule has 1 saturated heterocycles. The van der Waals surface area contributed by atoms with Crippen LogP contribution < -0.4 is 4.90 Å². The molecule has 0 aliphatic carbocycles. The van der Waals surface area contributed by atoms with Gasteiger partial charge < -0.3 is 0 Å². The quantitative estimate of drug-likeness (QED) is 0.486. The molecule has 1 aliphatic rings. The monoisotopic (exact) mass is 323 g/mol. The van der Waals surface area contributed by atoms with Crippen LogP contribution in [0.5, 0.6) is 0 Å². The largest absolute Gasteiger partial charge is 0.295 e. The van der Waals surface area contributed by atoms with Gasteiger partial charge in [0.05, 0.1) is 5.57 Å². The fourth-order valence-electron chi connectivity index (χ4n) is 2.65. The predicted molar refractivity (Wildman–Crippen MR) is 93.4 cm³/mol. The number of amides is 1. The van der Waals surface area contributed by atoms with Gasteiger partial charge >= 0.3 is 0 Å². The Balaban J connectivity index is 1.94. The van der Waals surface area contributed by atoms with Crippen LogP contribution >= 0.6 is 11.8 Å². The first-order chi connectivity index (χ1) is 11.0. The van der Waals surface area contributed by atoms with E-state index in [-0.39, 0.29) is 17.3 Å². The van der Waals surface area contributed by atoms with Crippen LogP contribution in [0.25, 0.3) is 0 Å². The maximum Gasteiger partial charge on any atom is 0.263 e. The molecule has 0 spiro atoms. The van der Waals surface area contributed by atoms with E-state index in [0.29, 0.717) is 0 Å². The minimum absolute atomic E-state index is 0.144. The average Bonchev–Trinajstić information content (AvgIpc) is 2.73. The second-order valence-electron chi connectivity index (χ2n) is 5.83. The van der Waals surface area contributed by atoms with Gasteiger partial charge in [-0.2, -0.15) is 0 Å². The molecule has 0 unspecified atom stereocenters. The molecule has 1 amide bonds. The van der Waals surface area contributed by atoms with Crippen molar-refractivity contribution in [1.82, 2.24) is 0 Å². The predicted octanol–water partition coefficient (Wildman–Crippen LogP) is 4.06. The summed E-state index contributed by atoms with van der Waals surface area (Å²) in [5.74, 6) is -0.385. The van der Waals surface area contributed by atoms with E-state index in [4.69, 9.17) is 0 Å². The van der Waals surface area contributed by atoms with Gasteiger partial charge in [0.2, 0.25) is 0 Å². The highest BCUT2D eigenvalue weighted by Crippen LogP contribution is 2.36. The maximum absolute atomic E-state index is 12.8. The van der Waals surface area contributed by atoms with Crippen LogP contribution in [0.3, 0.4) is 0 Å². The Morgan fingerprint density at radius 3 is 2.09 bits per heavy atom. The zero-order chi connectivity index (χ0) is 16.4. The molecular weight excluding hydrogens is 306 g/mol. The topological polar surface area (TPSA) is 37.4 Å². The Labute approximate surface area is 140 Å². The number of para-hydroxylation sites is 1. The van der Waals surface area contributed by atoms with Crippen molar-refractivity contribution in [1.29, 1.82) is 0 Å². The third-order valence-electron chi connectivity index (χ3n) is 3.86. The highest BCUT2D eigenvalue weighted by molar-refractivity contribution is 8.02. The summed E-state index contributed by atoms with van der Waals surface area (Å²) < 4.78 is 0. The Bertz CT molecular complexity index is 766. The van der Waals surface area contributed by atoms with Gasteiger partial charge in [0.25, 0.3) is 5.91 Å². The third-order valence-corrected chi connectivity index (χ3v) is 4.76. The molecule has 1 aliphatic heterocycles. The summed E-state index contributed by atoms with van der Waals surface area (Å²) in [4.78, 5) is 28.0. The molecule has 0 radical (unpaired) electrons. The van der Waals surface area contributed by atoms with E-state index in [9.17, 15) is 9.59 Å². The highest BCUT2D eigenvalue weighted by atomic mass is 32.2. The molecule has 23 heavy (non-hydrogen) atoms. The minimum Gasteiger partial charge on any atom is -0.295 e. The van der Waals surface area contributed by atoms with Crippen LogP contribution in [0.1, 0.15) is 13.8 Å². The molecule has 2 aromatic rings. The molecular formula is C19H17NO2S. The van der Waals surface area contributed by atoms with Gasteiger partial charge in [-0.3, -0.25) is 14.5 Å². The van der Waals surface area contributed by atoms with E-state index in [2.05, 4.69) is 0 Å². The molecule has 3 nitrogen and oxygen atoms in total. The summed E-state index contributed by atoms with van der Waals surface area (Å²) in [5.41, 5.74) is 0.110. The summed E-state index contributed by atoms with van der Waals surface area (Å²) in [6.45, 7) is 3.57. The van der Waals surface area contributed by atoms with Gasteiger partial charge in [-0.15, -0.1) is 0 Å². The number of carbonyl (C=O) groups is 2. The van der Waals surface area contributed by atoms with E-state index in [0.717, 1.165) is 10.6 Å². The summed E-state index contributed by atoms with van der Waals surface area (Å²) >= 11 is 1.39. The number of nitrogens with zero attached hydrogens (tertiary/aromatic N) is 1. The molecule has 1 fully saturated rings. The minimum atomic E-state index is -0.873. The number of thioether (sulfide) groups is 1. The van der Waals surface area contributed by atoms with Crippen molar-refractivity contribution in [2.45, 2.75) is 24.3 Å². The SMILES string of the molecule is CC1(C)C(=O)/C(=C/Sc2ccccc2)C(=O)N1c1ccccc1. The zero-order valence-electron chi connectivity index (χ0n) is 13.0. The van der Waals surface area contributed by atoms with Crippen molar-refractivity contribution >= 4 is 29.1 Å². The Morgan fingerprint density at radius 2 is 1.48 bits per heavy atom. The number of carbonyl (C=O) groups excluding carboxylic acids is 2. The molecule has 0 N–H and O–H groups in total. The van der Waals surface area contributed by atoms with Crippen LogP contribution in [0.15, 0.2) is 76.5 Å². The van der Waals surface area contributed by atoms with Crippen molar-refractivity contribution in [2.75, 3.05) is 4.90 Å². The van der Waals surface area contributed by atoms with E-state index in [1.54, 1.807) is 24.2 Å². The first-order valence-corrected chi connectivity index (χ1v) is 8.26. The lowest BCUT2D eigenvalue weighted by atomic mass is 9.98. The molecule has 2 aromatic carbocycles. The molecule has 116 valence electrons. The molecule has 4 heteroatoms. The Morgan fingerprint density at radius 1 is 0.913 bits per heavy atom. The van der Waals surface area contributed by atoms with E-state index < -0.39 is 5.54 Å². The van der Waals surface area contributed by atoms with Crippen molar-refractivity contribution in [3.63, 3.8) is 0 Å². The number of benzene rings is 2. The lowest BCUT2D eigenvalue weighted by molar-refractivity contribution is -0.118. The highest BCUT2D eigenvalue weighted by Gasteiger charge is 2.49. The second-order valence-corrected chi connectivity index (χ2v) is 6.77. The number of hydrogen-bond donors (Lipinski definition) is 0. The zero-order valence-corrected chi connectivity index (χ0v) is 13.8. The molecule has 0 bridgehead atoms. The van der Waals surface area contributed by atoms with Crippen molar-refractivity contribution in [3.8, 4) is 0 Å². The fourth-order valence-corrected chi connectivity index (χ4v) is 3.43. The summed E-state index contributed by atoms with van der Waals surface area (Å²) in [7, 11) is 0. The van der Waals surface area contributed by atoms with Gasteiger partial charge in [0.15, 0.2) is 5.78 Å². The van der Waals surface area contributed by atoms with Crippen molar-refractivity contribution < 1.29 is 9.59 Å². The first kappa shape index (κ1) is 15.6. The van der Waals surface area contributed by atoms with Crippen LogP contribution in [0, 0.1) is 0 Å². The number of Topliss-reactive ketones (excluding diaryl/α,β-unsaturated/α-hetero) is 1. The van der Waals surface area contributed by atoms with Crippen LogP contribution in [-0.4, -0.2) is 17.2 Å². The van der Waals surface area contributed by atoms with E-state index in [1.165, 1.54) is 11.8 Å². The number of ketones is 1. The van der Waals surface area contributed by atoms with Gasteiger partial charge in [-0.25, -0.2) is 0 Å². The molecule has 0 aromatic heterocycles. The Hall–Kier alpha value is -2.33. The van der Waals surface area contributed by atoms with Gasteiger partial charge in [-0.1, -0.05) is 48.2 Å². The number of hydrogen-bond acceptors (Lipinski definition) is 3. The van der Waals surface area contributed by atoms with Gasteiger partial charge in [0.1, 0.15) is 5.54 Å². The average molecular weight is 323 g/mol. The summed E-state index contributed by atoms with van der Waals surface area (Å²) in [6.07, 6.45) is 0. The van der Waals surface area contributed by atoms with Gasteiger partial charge in [-0.05, 0) is 43.5 Å². The molecule has 3 rings (SSSR count). The number of rotatable bonds is 3. The third kappa shape index (κ3) is 2.82. The molecule has 0 saturated carbocycles. The standard InChI is InChI=1S/C19H17NO2S/c1-19(2)17(21)16(13-23-15-11-7-4-8-12-15)18(22)20(19)14-9-5-3-6-10-14/h3-13H,1-2H3/b16-13-. The molecule has 0 atom stereocenters. The van der Waals surface area contributed by atoms with Gasteiger partial charge in [0, 0.05) is 10.6 Å². The first-order valence-electron chi connectivity index (χ1n) is 7.38. The van der Waals surface area contributed by atoms with Crippen LogP contribution in [0.2, 0.25) is 0 Å². The summed E-state index contributed by atoms with van der Waals surface area (Å²) in [5, 5.41) is 1.67. The van der Waals surface area contributed by atoms with E-state index >= 15 is 0 Å². The molecule has 1 heterocycles. The fraction of sp³-hybridized carbons (Fsp3) is 0.158. The smallest absolute Gasteiger partial charge is 0.263 e. The Kier molecular flexibility index (Phi) is 4.09. The normalized spacial score (nSPS) is 18.7. The lowest BCUT2D eigenvalue weighted by Gasteiger charge is -2.29. The number of anilines is 1. The van der Waals surface area contributed by atoms with Crippen molar-refractivity contribution in [3.05, 3.63) is 71.6 Å². The maximum atomic E-state index is 12.8. The lowest BCUT2D eigenvalue weighted by Crippen LogP contribution is -2.44. The summed E-state index contributed by atoms with van der Waals surface area (Å²) in [6, 6.07) is 19.0. The van der Waals surface area contributed by atoms with E-state index in [1.807, 2.05) is 60.7 Å².